The number of anilines is 1. The average Bonchev–Trinajstić information content (AvgIpc) is 2.93. The summed E-state index contributed by atoms with van der Waals surface area (Å²) in [6.45, 7) is 1.74. The number of carbonyl (C=O) groups excluding carboxylic acids is 1. The number of carbonyl (C=O) groups is 1. The van der Waals surface area contributed by atoms with Gasteiger partial charge >= 0.3 is 0 Å². The van der Waals surface area contributed by atoms with Gasteiger partial charge in [0.15, 0.2) is 11.5 Å². The van der Waals surface area contributed by atoms with Crippen LogP contribution in [0.25, 0.3) is 0 Å². The van der Waals surface area contributed by atoms with E-state index in [0.29, 0.717) is 0 Å². The summed E-state index contributed by atoms with van der Waals surface area (Å²) in [6.07, 6.45) is 1.76. The molecule has 1 heterocycles. The Morgan fingerprint density at radius 1 is 1.14 bits per heavy atom. The van der Waals surface area contributed by atoms with Crippen LogP contribution in [0.3, 0.4) is 0 Å². The van der Waals surface area contributed by atoms with Gasteiger partial charge in [-0.15, -0.1) is 0 Å². The van der Waals surface area contributed by atoms with E-state index in [2.05, 4.69) is 10.3 Å². The van der Waals surface area contributed by atoms with Gasteiger partial charge in [-0.25, -0.2) is 0 Å². The van der Waals surface area contributed by atoms with Crippen molar-refractivity contribution in [2.45, 2.75) is 6.92 Å². The maximum Gasteiger partial charge on any atom is 0.231 e. The molecule has 2 aromatic rings. The van der Waals surface area contributed by atoms with E-state index in [0.717, 1.165) is 28.4 Å². The maximum atomic E-state index is 10.9. The molecule has 0 radical (unpaired) electrons. The van der Waals surface area contributed by atoms with Gasteiger partial charge in [0, 0.05) is 18.8 Å². The molecule has 106 valence electrons. The van der Waals surface area contributed by atoms with Gasteiger partial charge < -0.3 is 14.8 Å². The number of hydrogen-bond acceptors (Lipinski definition) is 4. The second-order valence-electron chi connectivity index (χ2n) is 4.60. The number of nitrogens with zero attached hydrogens (tertiary/aromatic N) is 1. The molecule has 0 atom stereocenters. The van der Waals surface area contributed by atoms with Gasteiger partial charge in [0.2, 0.25) is 12.7 Å². The van der Waals surface area contributed by atoms with Crippen LogP contribution in [0.2, 0.25) is 0 Å². The summed E-state index contributed by atoms with van der Waals surface area (Å²) in [7, 11) is 0. The second-order valence-corrected chi connectivity index (χ2v) is 4.60. The molecular formula is C16H14N2O3. The van der Waals surface area contributed by atoms with E-state index in [-0.39, 0.29) is 12.7 Å². The first-order chi connectivity index (χ1) is 10.2. The Kier molecular flexibility index (Phi) is 3.55. The maximum absolute atomic E-state index is 10.9. The van der Waals surface area contributed by atoms with Crippen molar-refractivity contribution < 1.29 is 14.3 Å². The molecule has 0 spiro atoms. The number of amides is 1. The largest absolute Gasteiger partial charge is 0.454 e. The van der Waals surface area contributed by atoms with Gasteiger partial charge in [-0.3, -0.25) is 9.79 Å². The van der Waals surface area contributed by atoms with Crippen LogP contribution in [-0.2, 0) is 4.79 Å². The molecule has 1 aliphatic rings. The Morgan fingerprint density at radius 2 is 1.90 bits per heavy atom. The third-order valence-electron chi connectivity index (χ3n) is 2.95. The molecule has 2 aromatic carbocycles. The average molecular weight is 282 g/mol. The molecule has 0 saturated carbocycles. The van der Waals surface area contributed by atoms with E-state index in [9.17, 15) is 4.79 Å². The summed E-state index contributed by atoms with van der Waals surface area (Å²) in [4.78, 5) is 15.3. The highest BCUT2D eigenvalue weighted by molar-refractivity contribution is 5.89. The van der Waals surface area contributed by atoms with Crippen molar-refractivity contribution in [3.8, 4) is 11.5 Å². The van der Waals surface area contributed by atoms with Crippen LogP contribution in [0.15, 0.2) is 47.5 Å². The highest BCUT2D eigenvalue weighted by atomic mass is 16.7. The third kappa shape index (κ3) is 3.20. The lowest BCUT2D eigenvalue weighted by molar-refractivity contribution is -0.114. The Hall–Kier alpha value is -2.82. The van der Waals surface area contributed by atoms with Crippen molar-refractivity contribution >= 4 is 23.5 Å². The van der Waals surface area contributed by atoms with Gasteiger partial charge in [-0.05, 0) is 48.0 Å². The molecule has 0 aromatic heterocycles. The molecule has 5 heteroatoms. The number of nitrogens with one attached hydrogen (secondary N) is 1. The van der Waals surface area contributed by atoms with Gasteiger partial charge in [-0.1, -0.05) is 0 Å². The lowest BCUT2D eigenvalue weighted by Gasteiger charge is -2.01. The molecule has 3 rings (SSSR count). The van der Waals surface area contributed by atoms with Crippen molar-refractivity contribution in [2.24, 2.45) is 4.99 Å². The molecule has 21 heavy (non-hydrogen) atoms. The van der Waals surface area contributed by atoms with E-state index in [1.807, 2.05) is 42.5 Å². The highest BCUT2D eigenvalue weighted by Gasteiger charge is 2.12. The zero-order valence-corrected chi connectivity index (χ0v) is 11.5. The van der Waals surface area contributed by atoms with Crippen LogP contribution in [0, 0.1) is 0 Å². The molecule has 1 amide bonds. The summed E-state index contributed by atoms with van der Waals surface area (Å²) >= 11 is 0. The highest BCUT2D eigenvalue weighted by Crippen LogP contribution is 2.32. The fraction of sp³-hybridized carbons (Fsp3) is 0.125. The van der Waals surface area contributed by atoms with Crippen molar-refractivity contribution in [1.29, 1.82) is 0 Å². The zero-order chi connectivity index (χ0) is 14.7. The van der Waals surface area contributed by atoms with Crippen LogP contribution < -0.4 is 14.8 Å². The summed E-state index contributed by atoms with van der Waals surface area (Å²) in [5, 5.41) is 2.71. The number of hydrogen-bond donors (Lipinski definition) is 1. The zero-order valence-electron chi connectivity index (χ0n) is 11.5. The molecular weight excluding hydrogens is 268 g/mol. The third-order valence-corrected chi connectivity index (χ3v) is 2.95. The Balaban J connectivity index is 1.72. The van der Waals surface area contributed by atoms with E-state index in [4.69, 9.17) is 9.47 Å². The number of rotatable bonds is 3. The van der Waals surface area contributed by atoms with Gasteiger partial charge in [0.1, 0.15) is 0 Å². The summed E-state index contributed by atoms with van der Waals surface area (Å²) in [6, 6.07) is 13.0. The molecule has 5 nitrogen and oxygen atoms in total. The van der Waals surface area contributed by atoms with E-state index in [1.54, 1.807) is 6.21 Å². The van der Waals surface area contributed by atoms with Gasteiger partial charge in [0.05, 0.1) is 5.69 Å². The fourth-order valence-electron chi connectivity index (χ4n) is 1.98. The van der Waals surface area contributed by atoms with Crippen LogP contribution >= 0.6 is 0 Å². The van der Waals surface area contributed by atoms with Crippen LogP contribution in [0.1, 0.15) is 12.5 Å². The SMILES string of the molecule is CC(=O)Nc1ccc(N=Cc2ccc3c(c2)OCO3)cc1. The lowest BCUT2D eigenvalue weighted by Crippen LogP contribution is -2.04. The fourth-order valence-corrected chi connectivity index (χ4v) is 1.98. The molecule has 0 bridgehead atoms. The molecule has 0 aliphatic carbocycles. The van der Waals surface area contributed by atoms with E-state index in [1.165, 1.54) is 6.92 Å². The van der Waals surface area contributed by atoms with Crippen LogP contribution in [0.5, 0.6) is 11.5 Å². The molecule has 0 saturated heterocycles. The van der Waals surface area contributed by atoms with Crippen molar-refractivity contribution in [1.82, 2.24) is 0 Å². The monoisotopic (exact) mass is 282 g/mol. The first-order valence-corrected chi connectivity index (χ1v) is 6.52. The minimum absolute atomic E-state index is 0.0911. The summed E-state index contributed by atoms with van der Waals surface area (Å²) < 4.78 is 10.6. The summed E-state index contributed by atoms with van der Waals surface area (Å²) in [5.74, 6) is 1.40. The van der Waals surface area contributed by atoms with Gasteiger partial charge in [0.25, 0.3) is 0 Å². The molecule has 1 aliphatic heterocycles. The van der Waals surface area contributed by atoms with Crippen molar-refractivity contribution in [3.05, 3.63) is 48.0 Å². The Bertz CT molecular complexity index is 693. The quantitative estimate of drug-likeness (QED) is 0.880. The number of ether oxygens (including phenoxy) is 2. The topological polar surface area (TPSA) is 59.9 Å². The Labute approximate surface area is 122 Å². The predicted molar refractivity (Wildman–Crippen MR) is 80.6 cm³/mol. The van der Waals surface area contributed by atoms with E-state index >= 15 is 0 Å². The first-order valence-electron chi connectivity index (χ1n) is 6.52. The normalized spacial score (nSPS) is 12.6. The van der Waals surface area contributed by atoms with Crippen LogP contribution in [0.4, 0.5) is 11.4 Å². The number of aliphatic imine (C=N–C) groups is 1. The number of benzene rings is 2. The Morgan fingerprint density at radius 3 is 2.67 bits per heavy atom. The standard InChI is InChI=1S/C16H14N2O3/c1-11(19)18-14-5-3-13(4-6-14)17-9-12-2-7-15-16(8-12)21-10-20-15/h2-9H,10H2,1H3,(H,18,19). The van der Waals surface area contributed by atoms with Crippen LogP contribution in [-0.4, -0.2) is 18.9 Å². The van der Waals surface area contributed by atoms with Crippen molar-refractivity contribution in [2.75, 3.05) is 12.1 Å². The lowest BCUT2D eigenvalue weighted by atomic mass is 10.2. The molecule has 0 fully saturated rings. The van der Waals surface area contributed by atoms with E-state index < -0.39 is 0 Å². The minimum Gasteiger partial charge on any atom is -0.454 e. The second kappa shape index (κ2) is 5.66. The summed E-state index contributed by atoms with van der Waals surface area (Å²) in [5.41, 5.74) is 2.50. The molecule has 0 unspecified atom stereocenters. The van der Waals surface area contributed by atoms with Crippen molar-refractivity contribution in [3.63, 3.8) is 0 Å². The predicted octanol–water partition coefficient (Wildman–Crippen LogP) is 3.12. The smallest absolute Gasteiger partial charge is 0.231 e. The molecule has 1 N–H and O–H groups in total. The van der Waals surface area contributed by atoms with Gasteiger partial charge in [-0.2, -0.15) is 0 Å². The minimum atomic E-state index is -0.0911. The number of fused-ring (bicyclic) bond motifs is 1. The first kappa shape index (κ1) is 13.2.